The summed E-state index contributed by atoms with van der Waals surface area (Å²) in [6, 6.07) is 14.3. The number of aryl methyl sites for hydroxylation is 1. The van der Waals surface area contributed by atoms with Crippen molar-refractivity contribution in [2.45, 2.75) is 13.3 Å². The Bertz CT molecular complexity index is 710. The fraction of sp³-hybridized carbons (Fsp3) is 0.118. The van der Waals surface area contributed by atoms with E-state index >= 15 is 0 Å². The molecule has 2 N–H and O–H groups in total. The molecule has 0 aliphatic carbocycles. The second-order valence-electron chi connectivity index (χ2n) is 4.94. The zero-order valence-corrected chi connectivity index (χ0v) is 13.3. The van der Waals surface area contributed by atoms with Gasteiger partial charge in [0.25, 0.3) is 0 Å². The molecule has 23 heavy (non-hydrogen) atoms. The van der Waals surface area contributed by atoms with Crippen LogP contribution in [0.1, 0.15) is 17.5 Å². The second kappa shape index (κ2) is 8.10. The Morgan fingerprint density at radius 1 is 1.04 bits per heavy atom. The quantitative estimate of drug-likeness (QED) is 0.502. The van der Waals surface area contributed by atoms with Gasteiger partial charge in [-0.15, -0.1) is 0 Å². The zero-order chi connectivity index (χ0) is 16.7. The molecular formula is C17H16ClN3O2. The largest absolute Gasteiger partial charge is 0.326 e. The SMILES string of the molecule is Cc1ccc(NC(=O)CC(=O)NN=Cc2ccc(Cl)cc2)cc1. The molecule has 0 radical (unpaired) electrons. The molecule has 5 nitrogen and oxygen atoms in total. The minimum atomic E-state index is -0.486. The van der Waals surface area contributed by atoms with Crippen molar-refractivity contribution in [2.24, 2.45) is 5.10 Å². The van der Waals surface area contributed by atoms with Gasteiger partial charge in [-0.2, -0.15) is 5.10 Å². The third-order valence-corrected chi connectivity index (χ3v) is 3.18. The van der Waals surface area contributed by atoms with Crippen LogP contribution in [0, 0.1) is 6.92 Å². The van der Waals surface area contributed by atoms with Gasteiger partial charge in [-0.1, -0.05) is 41.4 Å². The van der Waals surface area contributed by atoms with Gasteiger partial charge in [0.2, 0.25) is 11.8 Å². The van der Waals surface area contributed by atoms with Crippen LogP contribution in [-0.2, 0) is 9.59 Å². The third kappa shape index (κ3) is 5.92. The van der Waals surface area contributed by atoms with E-state index in [9.17, 15) is 9.59 Å². The number of nitrogens with zero attached hydrogens (tertiary/aromatic N) is 1. The number of rotatable bonds is 5. The van der Waals surface area contributed by atoms with E-state index < -0.39 is 11.8 Å². The fourth-order valence-corrected chi connectivity index (χ4v) is 1.88. The molecule has 2 aromatic rings. The summed E-state index contributed by atoms with van der Waals surface area (Å²) in [6.45, 7) is 1.96. The number of anilines is 1. The molecule has 0 fully saturated rings. The lowest BCUT2D eigenvalue weighted by molar-refractivity contribution is -0.126. The van der Waals surface area contributed by atoms with Gasteiger partial charge in [0.05, 0.1) is 6.21 Å². The van der Waals surface area contributed by atoms with Gasteiger partial charge in [-0.05, 0) is 36.8 Å². The summed E-state index contributed by atoms with van der Waals surface area (Å²) in [5.74, 6) is -0.882. The summed E-state index contributed by atoms with van der Waals surface area (Å²) in [7, 11) is 0. The molecule has 118 valence electrons. The number of carbonyl (C=O) groups is 2. The Hall–Kier alpha value is -2.66. The highest BCUT2D eigenvalue weighted by molar-refractivity contribution is 6.30. The molecule has 6 heteroatoms. The lowest BCUT2D eigenvalue weighted by Gasteiger charge is -2.04. The van der Waals surface area contributed by atoms with E-state index in [1.54, 1.807) is 36.4 Å². The molecule has 2 aromatic carbocycles. The number of amides is 2. The first-order chi connectivity index (χ1) is 11.0. The van der Waals surface area contributed by atoms with Crippen LogP contribution in [0.25, 0.3) is 0 Å². The van der Waals surface area contributed by atoms with Crippen molar-refractivity contribution < 1.29 is 9.59 Å². The summed E-state index contributed by atoms with van der Waals surface area (Å²) in [5.41, 5.74) is 4.84. The molecule has 0 saturated carbocycles. The van der Waals surface area contributed by atoms with E-state index in [1.807, 2.05) is 19.1 Å². The highest BCUT2D eigenvalue weighted by Gasteiger charge is 2.08. The molecular weight excluding hydrogens is 314 g/mol. The number of halogens is 1. The molecule has 0 spiro atoms. The van der Waals surface area contributed by atoms with Crippen LogP contribution < -0.4 is 10.7 Å². The van der Waals surface area contributed by atoms with Crippen LogP contribution in [0.3, 0.4) is 0 Å². The van der Waals surface area contributed by atoms with Crippen LogP contribution in [0.5, 0.6) is 0 Å². The van der Waals surface area contributed by atoms with Gasteiger partial charge in [0.15, 0.2) is 0 Å². The lowest BCUT2D eigenvalue weighted by Crippen LogP contribution is -2.24. The topological polar surface area (TPSA) is 70.6 Å². The number of benzene rings is 2. The Morgan fingerprint density at radius 2 is 1.70 bits per heavy atom. The van der Waals surface area contributed by atoms with Gasteiger partial charge in [-0.3, -0.25) is 9.59 Å². The molecule has 0 aliphatic heterocycles. The van der Waals surface area contributed by atoms with Gasteiger partial charge in [-0.25, -0.2) is 5.43 Å². The first-order valence-electron chi connectivity index (χ1n) is 6.97. The maximum Gasteiger partial charge on any atom is 0.249 e. The van der Waals surface area contributed by atoms with Crippen molar-refractivity contribution >= 4 is 35.3 Å². The first kappa shape index (κ1) is 16.7. The van der Waals surface area contributed by atoms with Crippen molar-refractivity contribution in [1.82, 2.24) is 5.43 Å². The minimum absolute atomic E-state index is 0.300. The van der Waals surface area contributed by atoms with Crippen molar-refractivity contribution in [3.8, 4) is 0 Å². The molecule has 0 saturated heterocycles. The summed E-state index contributed by atoms with van der Waals surface area (Å²) < 4.78 is 0. The van der Waals surface area contributed by atoms with Crippen LogP contribution in [0.2, 0.25) is 5.02 Å². The number of carbonyl (C=O) groups excluding carboxylic acids is 2. The fourth-order valence-electron chi connectivity index (χ4n) is 1.76. The summed E-state index contributed by atoms with van der Waals surface area (Å²) >= 11 is 5.77. The summed E-state index contributed by atoms with van der Waals surface area (Å²) in [4.78, 5) is 23.4. The van der Waals surface area contributed by atoms with Crippen LogP contribution in [-0.4, -0.2) is 18.0 Å². The minimum Gasteiger partial charge on any atom is -0.326 e. The molecule has 2 rings (SSSR count). The summed E-state index contributed by atoms with van der Waals surface area (Å²) in [6.07, 6.45) is 1.18. The van der Waals surface area contributed by atoms with Gasteiger partial charge < -0.3 is 5.32 Å². The van der Waals surface area contributed by atoms with Crippen molar-refractivity contribution in [1.29, 1.82) is 0 Å². The Balaban J connectivity index is 1.78. The number of hydrogen-bond donors (Lipinski definition) is 2. The molecule has 0 bridgehead atoms. The molecule has 2 amide bonds. The first-order valence-corrected chi connectivity index (χ1v) is 7.35. The van der Waals surface area contributed by atoms with Crippen LogP contribution in [0.4, 0.5) is 5.69 Å². The predicted molar refractivity (Wildman–Crippen MR) is 91.6 cm³/mol. The average molecular weight is 330 g/mol. The van der Waals surface area contributed by atoms with E-state index in [-0.39, 0.29) is 6.42 Å². The highest BCUT2D eigenvalue weighted by atomic mass is 35.5. The van der Waals surface area contributed by atoms with Crippen molar-refractivity contribution in [2.75, 3.05) is 5.32 Å². The number of hydrogen-bond acceptors (Lipinski definition) is 3. The van der Waals surface area contributed by atoms with Gasteiger partial charge in [0.1, 0.15) is 6.42 Å². The van der Waals surface area contributed by atoms with Gasteiger partial charge in [0, 0.05) is 10.7 Å². The zero-order valence-electron chi connectivity index (χ0n) is 12.5. The Labute approximate surface area is 139 Å². The van der Waals surface area contributed by atoms with E-state index in [1.165, 1.54) is 6.21 Å². The third-order valence-electron chi connectivity index (χ3n) is 2.93. The average Bonchev–Trinajstić information content (AvgIpc) is 2.51. The van der Waals surface area contributed by atoms with Gasteiger partial charge >= 0.3 is 0 Å². The molecule has 0 aromatic heterocycles. The molecule has 0 unspecified atom stereocenters. The maximum atomic E-state index is 11.7. The van der Waals surface area contributed by atoms with Crippen LogP contribution >= 0.6 is 11.6 Å². The lowest BCUT2D eigenvalue weighted by atomic mass is 10.2. The van der Waals surface area contributed by atoms with E-state index in [0.29, 0.717) is 10.7 Å². The second-order valence-corrected chi connectivity index (χ2v) is 5.37. The van der Waals surface area contributed by atoms with E-state index in [2.05, 4.69) is 15.8 Å². The predicted octanol–water partition coefficient (Wildman–Crippen LogP) is 3.13. The maximum absolute atomic E-state index is 11.7. The standard InChI is InChI=1S/C17H16ClN3O2/c1-12-2-8-15(9-3-12)20-16(22)10-17(23)21-19-11-13-4-6-14(18)7-5-13/h2-9,11H,10H2,1H3,(H,20,22)(H,21,23). The molecule has 0 heterocycles. The normalized spacial score (nSPS) is 10.5. The van der Waals surface area contributed by atoms with Crippen LogP contribution in [0.15, 0.2) is 53.6 Å². The Kier molecular flexibility index (Phi) is 5.88. The van der Waals surface area contributed by atoms with Crippen molar-refractivity contribution in [3.63, 3.8) is 0 Å². The smallest absolute Gasteiger partial charge is 0.249 e. The van der Waals surface area contributed by atoms with Crippen molar-refractivity contribution in [3.05, 3.63) is 64.7 Å². The van der Waals surface area contributed by atoms with E-state index in [4.69, 9.17) is 11.6 Å². The monoisotopic (exact) mass is 329 g/mol. The summed E-state index contributed by atoms with van der Waals surface area (Å²) in [5, 5.41) is 7.07. The van der Waals surface area contributed by atoms with E-state index in [0.717, 1.165) is 11.1 Å². The Morgan fingerprint density at radius 3 is 2.35 bits per heavy atom. The highest BCUT2D eigenvalue weighted by Crippen LogP contribution is 2.09. The number of hydrazone groups is 1. The molecule has 0 aliphatic rings. The molecule has 0 atom stereocenters. The number of nitrogens with one attached hydrogen (secondary N) is 2.